The molecule has 6 heteroatoms. The van der Waals surface area contributed by atoms with Crippen LogP contribution in [0.4, 0.5) is 0 Å². The summed E-state index contributed by atoms with van der Waals surface area (Å²) in [5.41, 5.74) is 0.508. The van der Waals surface area contributed by atoms with Gasteiger partial charge in [-0.15, -0.1) is 0 Å². The number of carboxylic acid groups (broad SMARTS) is 1. The van der Waals surface area contributed by atoms with Gasteiger partial charge in [0, 0.05) is 6.20 Å². The summed E-state index contributed by atoms with van der Waals surface area (Å²) in [5.74, 6) is 0.126. The number of nitrogens with zero attached hydrogens (tertiary/aromatic N) is 3. The predicted octanol–water partition coefficient (Wildman–Crippen LogP) is 1.10. The van der Waals surface area contributed by atoms with E-state index in [1.165, 1.54) is 7.11 Å². The van der Waals surface area contributed by atoms with Crippen LogP contribution in [0.25, 0.3) is 5.52 Å². The minimum absolute atomic E-state index is 0.0179. The maximum Gasteiger partial charge on any atom is 0.356 e. The van der Waals surface area contributed by atoms with Gasteiger partial charge in [-0.1, -0.05) is 0 Å². The predicted molar refractivity (Wildman–Crippen MR) is 66.1 cm³/mol. The summed E-state index contributed by atoms with van der Waals surface area (Å²) in [6.45, 7) is 0.557. The standard InChI is InChI=1S/C12H15N3O3/c1-14(2)7-9-13-10(12(16)17)11-8(18-3)5-4-6-15(9)11/h4-6H,7H2,1-3H3,(H,16,17). The Morgan fingerprint density at radius 1 is 1.56 bits per heavy atom. The molecule has 0 aliphatic carbocycles. The molecule has 0 aliphatic rings. The molecule has 2 rings (SSSR count). The van der Waals surface area contributed by atoms with E-state index in [0.717, 1.165) is 0 Å². The molecule has 18 heavy (non-hydrogen) atoms. The van der Waals surface area contributed by atoms with Gasteiger partial charge in [0.15, 0.2) is 5.69 Å². The van der Waals surface area contributed by atoms with Crippen LogP contribution >= 0.6 is 0 Å². The van der Waals surface area contributed by atoms with Gasteiger partial charge < -0.3 is 14.7 Å². The normalized spacial score (nSPS) is 11.1. The van der Waals surface area contributed by atoms with Gasteiger partial charge in [-0.3, -0.25) is 4.40 Å². The fourth-order valence-electron chi connectivity index (χ4n) is 1.88. The highest BCUT2D eigenvalue weighted by Gasteiger charge is 2.20. The number of hydrogen-bond acceptors (Lipinski definition) is 4. The number of fused-ring (bicyclic) bond motifs is 1. The monoisotopic (exact) mass is 249 g/mol. The molecule has 1 N–H and O–H groups in total. The highest BCUT2D eigenvalue weighted by atomic mass is 16.5. The molecule has 0 radical (unpaired) electrons. The average Bonchev–Trinajstić information content (AvgIpc) is 2.67. The number of hydrogen-bond donors (Lipinski definition) is 1. The van der Waals surface area contributed by atoms with Gasteiger partial charge >= 0.3 is 5.97 Å². The van der Waals surface area contributed by atoms with E-state index in [2.05, 4.69) is 4.98 Å². The van der Waals surface area contributed by atoms with Crippen LogP contribution in [0, 0.1) is 0 Å². The van der Waals surface area contributed by atoms with Gasteiger partial charge in [-0.2, -0.15) is 0 Å². The summed E-state index contributed by atoms with van der Waals surface area (Å²) in [6.07, 6.45) is 1.79. The molecule has 0 aliphatic heterocycles. The number of carbonyl (C=O) groups is 1. The SMILES string of the molecule is COc1cccn2c(CN(C)C)nc(C(=O)O)c12. The van der Waals surface area contributed by atoms with E-state index < -0.39 is 5.97 Å². The maximum atomic E-state index is 11.2. The van der Waals surface area contributed by atoms with Crippen LogP contribution in [-0.2, 0) is 6.54 Å². The van der Waals surface area contributed by atoms with Crippen LogP contribution in [0.1, 0.15) is 16.3 Å². The maximum absolute atomic E-state index is 11.2. The molecular weight excluding hydrogens is 234 g/mol. The molecule has 2 aromatic heterocycles. The summed E-state index contributed by atoms with van der Waals surface area (Å²) in [7, 11) is 5.32. The van der Waals surface area contributed by atoms with Gasteiger partial charge in [0.2, 0.25) is 0 Å². The van der Waals surface area contributed by atoms with E-state index in [-0.39, 0.29) is 5.69 Å². The first-order valence-corrected chi connectivity index (χ1v) is 5.46. The Kier molecular flexibility index (Phi) is 3.20. The second-order valence-electron chi connectivity index (χ2n) is 4.21. The molecule has 0 fully saturated rings. The Morgan fingerprint density at radius 2 is 2.28 bits per heavy atom. The topological polar surface area (TPSA) is 67.1 Å². The van der Waals surface area contributed by atoms with E-state index in [0.29, 0.717) is 23.6 Å². The molecule has 6 nitrogen and oxygen atoms in total. The Hall–Kier alpha value is -2.08. The van der Waals surface area contributed by atoms with Gasteiger partial charge in [0.1, 0.15) is 17.1 Å². The molecule has 2 aromatic rings. The molecule has 0 amide bonds. The van der Waals surface area contributed by atoms with Gasteiger partial charge in [-0.25, -0.2) is 9.78 Å². The molecule has 0 unspecified atom stereocenters. The fraction of sp³-hybridized carbons (Fsp3) is 0.333. The molecule has 0 spiro atoms. The molecule has 0 saturated heterocycles. The van der Waals surface area contributed by atoms with Crippen molar-refractivity contribution < 1.29 is 14.6 Å². The summed E-state index contributed by atoms with van der Waals surface area (Å²) in [5, 5.41) is 9.21. The summed E-state index contributed by atoms with van der Waals surface area (Å²) < 4.78 is 6.95. The molecule has 0 aromatic carbocycles. The first kappa shape index (κ1) is 12.4. The zero-order valence-corrected chi connectivity index (χ0v) is 10.5. The van der Waals surface area contributed by atoms with Gasteiger partial charge in [0.25, 0.3) is 0 Å². The lowest BCUT2D eigenvalue weighted by molar-refractivity contribution is 0.0692. The van der Waals surface area contributed by atoms with Crippen molar-refractivity contribution in [1.82, 2.24) is 14.3 Å². The molecule has 2 heterocycles. The summed E-state index contributed by atoms with van der Waals surface area (Å²) in [4.78, 5) is 17.3. The van der Waals surface area contributed by atoms with E-state index in [9.17, 15) is 9.90 Å². The number of pyridine rings is 1. The Balaban J connectivity index is 2.72. The van der Waals surface area contributed by atoms with Crippen molar-refractivity contribution in [1.29, 1.82) is 0 Å². The second-order valence-corrected chi connectivity index (χ2v) is 4.21. The van der Waals surface area contributed by atoms with Crippen molar-refractivity contribution in [3.8, 4) is 5.75 Å². The Bertz CT molecular complexity index is 590. The number of imidazole rings is 1. The minimum atomic E-state index is -1.05. The summed E-state index contributed by atoms with van der Waals surface area (Å²) in [6, 6.07) is 3.53. The lowest BCUT2D eigenvalue weighted by Gasteiger charge is -2.08. The summed E-state index contributed by atoms with van der Waals surface area (Å²) >= 11 is 0. The zero-order valence-electron chi connectivity index (χ0n) is 10.5. The number of ether oxygens (including phenoxy) is 1. The van der Waals surface area contributed by atoms with Gasteiger partial charge in [-0.05, 0) is 26.2 Å². The number of aromatic carboxylic acids is 1. The smallest absolute Gasteiger partial charge is 0.356 e. The van der Waals surface area contributed by atoms with E-state index in [1.807, 2.05) is 19.0 Å². The third-order valence-electron chi connectivity index (χ3n) is 2.58. The first-order chi connectivity index (χ1) is 8.54. The van der Waals surface area contributed by atoms with Crippen LogP contribution in [0.15, 0.2) is 18.3 Å². The lowest BCUT2D eigenvalue weighted by Crippen LogP contribution is -2.13. The quantitative estimate of drug-likeness (QED) is 0.879. The second kappa shape index (κ2) is 4.66. The number of aromatic nitrogens is 2. The van der Waals surface area contributed by atoms with Crippen LogP contribution in [-0.4, -0.2) is 46.6 Å². The van der Waals surface area contributed by atoms with Crippen molar-refractivity contribution in [3.05, 3.63) is 29.8 Å². The van der Waals surface area contributed by atoms with E-state index >= 15 is 0 Å². The fourth-order valence-corrected chi connectivity index (χ4v) is 1.88. The third kappa shape index (κ3) is 2.02. The van der Waals surface area contributed by atoms with Crippen LogP contribution in [0.5, 0.6) is 5.75 Å². The number of methoxy groups -OCH3 is 1. The van der Waals surface area contributed by atoms with Crippen molar-refractivity contribution in [3.63, 3.8) is 0 Å². The largest absolute Gasteiger partial charge is 0.494 e. The highest BCUT2D eigenvalue weighted by molar-refractivity contribution is 5.95. The molecule has 0 atom stereocenters. The molecule has 0 saturated carbocycles. The molecular formula is C12H15N3O3. The Labute approximate surface area is 104 Å². The van der Waals surface area contributed by atoms with Crippen molar-refractivity contribution in [2.24, 2.45) is 0 Å². The number of rotatable bonds is 4. The zero-order chi connectivity index (χ0) is 13.3. The Morgan fingerprint density at radius 3 is 2.83 bits per heavy atom. The first-order valence-electron chi connectivity index (χ1n) is 5.46. The highest BCUT2D eigenvalue weighted by Crippen LogP contribution is 2.24. The van der Waals surface area contributed by atoms with Gasteiger partial charge in [0.05, 0.1) is 13.7 Å². The van der Waals surface area contributed by atoms with Crippen LogP contribution < -0.4 is 4.74 Å². The van der Waals surface area contributed by atoms with Crippen LogP contribution in [0.2, 0.25) is 0 Å². The van der Waals surface area contributed by atoms with Crippen molar-refractivity contribution in [2.45, 2.75) is 6.54 Å². The van der Waals surface area contributed by atoms with Crippen molar-refractivity contribution in [2.75, 3.05) is 21.2 Å². The molecule has 0 bridgehead atoms. The molecule has 96 valence electrons. The van der Waals surface area contributed by atoms with Crippen molar-refractivity contribution >= 4 is 11.5 Å². The minimum Gasteiger partial charge on any atom is -0.494 e. The third-order valence-corrected chi connectivity index (χ3v) is 2.58. The average molecular weight is 249 g/mol. The van der Waals surface area contributed by atoms with E-state index in [1.54, 1.807) is 22.7 Å². The number of carboxylic acids is 1. The lowest BCUT2D eigenvalue weighted by atomic mass is 10.3. The van der Waals surface area contributed by atoms with E-state index in [4.69, 9.17) is 4.74 Å². The van der Waals surface area contributed by atoms with Crippen LogP contribution in [0.3, 0.4) is 0 Å².